The SMILES string of the molecule is c1ccc(-c2ccccc2N2c3cc4c(cc3B3c5ccccc5N(c5ccccc5)c5cc(N(c6ccccc6)c6cccc7sc8ccccc8c67)cc2c53)B2c3ccccc3N(c3cccc5sc6ccccc6c35)c3cc(N(c5ccccc5)c5cccc6c5sc5ccccc56)cc(c32)N4c2ccccc2-c2ccccc2)cc1. The van der Waals surface area contributed by atoms with E-state index in [2.05, 4.69) is 442 Å². The molecule has 0 atom stereocenters. The lowest BCUT2D eigenvalue weighted by Gasteiger charge is -2.48. The summed E-state index contributed by atoms with van der Waals surface area (Å²) in [5.74, 6) is 0. The van der Waals surface area contributed by atoms with Crippen molar-refractivity contribution in [2.45, 2.75) is 0 Å². The van der Waals surface area contributed by atoms with Crippen molar-refractivity contribution in [1.82, 2.24) is 0 Å². The molecule has 119 heavy (non-hydrogen) atoms. The van der Waals surface area contributed by atoms with Crippen LogP contribution in [0.4, 0.5) is 102 Å². The lowest BCUT2D eigenvalue weighted by Crippen LogP contribution is -2.65. The number of hydrogen-bond donors (Lipinski definition) is 0. The molecule has 4 aliphatic heterocycles. The van der Waals surface area contributed by atoms with Gasteiger partial charge in [-0.1, -0.05) is 273 Å². The van der Waals surface area contributed by atoms with Crippen molar-refractivity contribution in [3.63, 3.8) is 0 Å². The molecule has 21 aromatic rings. The van der Waals surface area contributed by atoms with E-state index in [0.29, 0.717) is 0 Å². The van der Waals surface area contributed by atoms with Crippen molar-refractivity contribution in [2.75, 3.05) is 29.4 Å². The van der Waals surface area contributed by atoms with Crippen molar-refractivity contribution < 1.29 is 0 Å². The second-order valence-electron chi connectivity index (χ2n) is 31.3. The lowest BCUT2D eigenvalue weighted by atomic mass is 9.30. The van der Waals surface area contributed by atoms with Gasteiger partial charge in [0, 0.05) is 130 Å². The highest BCUT2D eigenvalue weighted by atomic mass is 32.1. The molecule has 4 aliphatic rings. The van der Waals surface area contributed by atoms with E-state index in [1.807, 2.05) is 34.0 Å². The van der Waals surface area contributed by atoms with Gasteiger partial charge in [-0.15, -0.1) is 34.0 Å². The molecule has 0 saturated heterocycles. The number of hydrogen-bond acceptors (Lipinski definition) is 9. The molecule has 18 aromatic carbocycles. The molecule has 11 heteroatoms. The van der Waals surface area contributed by atoms with Gasteiger partial charge in [-0.05, 0) is 183 Å². The zero-order chi connectivity index (χ0) is 77.9. The maximum absolute atomic E-state index is 2.70. The zero-order valence-corrected chi connectivity index (χ0v) is 66.8. The van der Waals surface area contributed by atoms with E-state index in [1.165, 1.54) is 93.3 Å². The summed E-state index contributed by atoms with van der Waals surface area (Å²) in [6.07, 6.45) is 0. The number of para-hydroxylation sites is 7. The number of fused-ring (bicyclic) bond motifs is 17. The highest BCUT2D eigenvalue weighted by molar-refractivity contribution is 7.27. The van der Waals surface area contributed by atoms with E-state index in [0.717, 1.165) is 125 Å². The van der Waals surface area contributed by atoms with Gasteiger partial charge >= 0.3 is 0 Å². The Morgan fingerprint density at radius 1 is 0.210 bits per heavy atom. The third kappa shape index (κ3) is 10.4. The van der Waals surface area contributed by atoms with Crippen LogP contribution in [-0.4, -0.2) is 13.4 Å². The number of benzene rings is 18. The Balaban J connectivity index is 0.838. The Bertz CT molecular complexity index is 7700. The molecule has 0 bridgehead atoms. The predicted octanol–water partition coefficient (Wildman–Crippen LogP) is 27.2. The average Bonchev–Trinajstić information content (AvgIpc) is 1.56. The van der Waals surface area contributed by atoms with Gasteiger partial charge in [0.15, 0.2) is 0 Å². The van der Waals surface area contributed by atoms with Crippen LogP contribution in [0.2, 0.25) is 0 Å². The van der Waals surface area contributed by atoms with E-state index in [-0.39, 0.29) is 13.4 Å². The number of thiophene rings is 3. The van der Waals surface area contributed by atoms with Crippen LogP contribution in [0.5, 0.6) is 0 Å². The minimum atomic E-state index is -0.292. The normalized spacial score (nSPS) is 12.9. The molecular weight excluding hydrogens is 1500 g/mol. The fourth-order valence-electron chi connectivity index (χ4n) is 20.1. The summed E-state index contributed by atoms with van der Waals surface area (Å²) in [7, 11) is 0. The summed E-state index contributed by atoms with van der Waals surface area (Å²) in [6, 6.07) is 156. The Hall–Kier alpha value is -14.5. The fraction of sp³-hybridized carbons (Fsp3) is 0. The Kier molecular flexibility index (Phi) is 15.4. The zero-order valence-electron chi connectivity index (χ0n) is 64.3. The Morgan fingerprint density at radius 2 is 0.580 bits per heavy atom. The largest absolute Gasteiger partial charge is 0.311 e. The Labute approximate surface area is 701 Å². The molecule has 7 heterocycles. The summed E-state index contributed by atoms with van der Waals surface area (Å²) in [4.78, 5) is 15.7. The summed E-state index contributed by atoms with van der Waals surface area (Å²) >= 11 is 5.61. The van der Waals surface area contributed by atoms with Crippen LogP contribution in [-0.2, 0) is 0 Å². The molecule has 25 rings (SSSR count). The van der Waals surface area contributed by atoms with Crippen LogP contribution in [0, 0.1) is 0 Å². The standard InChI is InChI=1S/C108H68B2N6S3/c1-6-33-69(34-7-1)76-43-16-23-51-86(76)114-93-68-94-85(67-84(93)109-82-49-21-25-53-88(82)113(73-41-14-5-15-42-73)95-63-74(64-96(114)106(95)109)111(71-37-10-3-11-38-71)90-55-31-61-102-104(90)80-46-19-28-59-100(80)117-102)110-83-50-22-26-54-89(83)116(91-56-32-62-103-105(91)81-47-20-29-60-101(81)118-103)98-66-75(65-97(107(98)110)115(94)87-52-24-17-44-77(87)70-35-8-2-9-36-70)112(72-39-12-4-13-40-72)92-57-30-48-79-78-45-18-27-58-99(78)119-108(79)92/h1-68H. The topological polar surface area (TPSA) is 19.4 Å². The monoisotopic (exact) mass is 1570 g/mol. The first-order valence-electron chi connectivity index (χ1n) is 40.8. The van der Waals surface area contributed by atoms with Crippen molar-refractivity contribution in [1.29, 1.82) is 0 Å². The minimum Gasteiger partial charge on any atom is -0.311 e. The first kappa shape index (κ1) is 67.8. The van der Waals surface area contributed by atoms with Crippen molar-refractivity contribution in [3.05, 3.63) is 413 Å². The smallest absolute Gasteiger partial charge is 0.252 e. The first-order valence-corrected chi connectivity index (χ1v) is 43.2. The van der Waals surface area contributed by atoms with Crippen LogP contribution >= 0.6 is 34.0 Å². The van der Waals surface area contributed by atoms with Crippen molar-refractivity contribution in [2.24, 2.45) is 0 Å². The third-order valence-electron chi connectivity index (χ3n) is 24.9. The predicted molar refractivity (Wildman–Crippen MR) is 513 cm³/mol. The summed E-state index contributed by atoms with van der Waals surface area (Å²) < 4.78 is 7.49. The van der Waals surface area contributed by atoms with E-state index < -0.39 is 0 Å². The highest BCUT2D eigenvalue weighted by Gasteiger charge is 2.50. The van der Waals surface area contributed by atoms with Crippen LogP contribution < -0.4 is 62.2 Å². The molecule has 0 aliphatic carbocycles. The van der Waals surface area contributed by atoms with Gasteiger partial charge in [-0.25, -0.2) is 0 Å². The molecule has 3 aromatic heterocycles. The lowest BCUT2D eigenvalue weighted by molar-refractivity contribution is 1.22. The first-order chi connectivity index (χ1) is 59.1. The van der Waals surface area contributed by atoms with Crippen LogP contribution in [0.1, 0.15) is 0 Å². The van der Waals surface area contributed by atoms with Crippen LogP contribution in [0.3, 0.4) is 0 Å². The molecule has 0 radical (unpaired) electrons. The summed E-state index contributed by atoms with van der Waals surface area (Å²) in [5, 5.41) is 7.45. The van der Waals surface area contributed by atoms with E-state index >= 15 is 0 Å². The number of rotatable bonds is 12. The van der Waals surface area contributed by atoms with Crippen molar-refractivity contribution >= 4 is 243 Å². The fourth-order valence-corrected chi connectivity index (χ4v) is 23.6. The van der Waals surface area contributed by atoms with E-state index in [1.54, 1.807) is 0 Å². The third-order valence-corrected chi connectivity index (χ3v) is 28.4. The van der Waals surface area contributed by atoms with Gasteiger partial charge in [-0.2, -0.15) is 0 Å². The molecule has 0 spiro atoms. The molecule has 554 valence electrons. The highest BCUT2D eigenvalue weighted by Crippen LogP contribution is 2.57. The molecule has 6 nitrogen and oxygen atoms in total. The van der Waals surface area contributed by atoms with E-state index in [4.69, 9.17) is 0 Å². The van der Waals surface area contributed by atoms with Gasteiger partial charge in [0.1, 0.15) is 0 Å². The summed E-state index contributed by atoms with van der Waals surface area (Å²) in [6.45, 7) is -0.566. The molecular formula is C108H68B2N6S3. The maximum Gasteiger partial charge on any atom is 0.252 e. The van der Waals surface area contributed by atoms with Gasteiger partial charge < -0.3 is 29.4 Å². The van der Waals surface area contributed by atoms with Gasteiger partial charge in [0.25, 0.3) is 13.4 Å². The second kappa shape index (κ2) is 27.1. The molecule has 0 unspecified atom stereocenters. The van der Waals surface area contributed by atoms with Gasteiger partial charge in [0.05, 0.1) is 44.5 Å². The minimum absolute atomic E-state index is 0.274. The second-order valence-corrected chi connectivity index (χ2v) is 34.5. The quantitative estimate of drug-likeness (QED) is 0.113. The average molecular weight is 1570 g/mol. The van der Waals surface area contributed by atoms with Crippen LogP contribution in [0.15, 0.2) is 413 Å². The molecule has 0 N–H and O–H groups in total. The van der Waals surface area contributed by atoms with Crippen LogP contribution in [0.25, 0.3) is 82.8 Å². The number of nitrogens with zero attached hydrogens (tertiary/aromatic N) is 6. The van der Waals surface area contributed by atoms with Gasteiger partial charge in [0.2, 0.25) is 0 Å². The molecule has 0 saturated carbocycles. The Morgan fingerprint density at radius 3 is 1.13 bits per heavy atom. The van der Waals surface area contributed by atoms with Gasteiger partial charge in [-0.3, -0.25) is 0 Å². The number of anilines is 18. The van der Waals surface area contributed by atoms with E-state index in [9.17, 15) is 0 Å². The summed E-state index contributed by atoms with van der Waals surface area (Å²) in [5.41, 5.74) is 31.5. The molecule has 0 fully saturated rings. The maximum atomic E-state index is 2.70. The molecule has 0 amide bonds. The van der Waals surface area contributed by atoms with Crippen molar-refractivity contribution in [3.8, 4) is 22.3 Å².